The van der Waals surface area contributed by atoms with Crippen LogP contribution < -0.4 is 0 Å². The molecular formula is C12H10N2O2. The van der Waals surface area contributed by atoms with Gasteiger partial charge in [0.1, 0.15) is 5.52 Å². The van der Waals surface area contributed by atoms with Gasteiger partial charge >= 0.3 is 0 Å². The van der Waals surface area contributed by atoms with E-state index in [2.05, 4.69) is 11.8 Å². The molecule has 0 bridgehead atoms. The highest BCUT2D eigenvalue weighted by molar-refractivity contribution is 5.88. The average Bonchev–Trinajstić information content (AvgIpc) is 2.69. The van der Waals surface area contributed by atoms with Crippen LogP contribution in [0.2, 0.25) is 0 Å². The number of nitro groups is 1. The number of hydrogen-bond acceptors (Lipinski definition) is 2. The van der Waals surface area contributed by atoms with Crippen molar-refractivity contribution < 1.29 is 4.92 Å². The molecule has 0 fully saturated rings. The first-order chi connectivity index (χ1) is 7.74. The van der Waals surface area contributed by atoms with Crippen molar-refractivity contribution in [3.63, 3.8) is 0 Å². The number of benzene rings is 1. The fourth-order valence-corrected chi connectivity index (χ4v) is 1.68. The highest BCUT2D eigenvalue weighted by atomic mass is 16.6. The monoisotopic (exact) mass is 214 g/mol. The van der Waals surface area contributed by atoms with E-state index in [1.165, 1.54) is 6.07 Å². The summed E-state index contributed by atoms with van der Waals surface area (Å²) in [7, 11) is 0. The Kier molecular flexibility index (Phi) is 2.61. The highest BCUT2D eigenvalue weighted by Crippen LogP contribution is 2.26. The van der Waals surface area contributed by atoms with Crippen molar-refractivity contribution in [1.29, 1.82) is 0 Å². The lowest BCUT2D eigenvalue weighted by molar-refractivity contribution is -0.383. The Balaban J connectivity index is 2.66. The van der Waals surface area contributed by atoms with Gasteiger partial charge in [-0.2, -0.15) is 0 Å². The predicted molar refractivity (Wildman–Crippen MR) is 62.0 cm³/mol. The van der Waals surface area contributed by atoms with E-state index in [-0.39, 0.29) is 10.6 Å². The van der Waals surface area contributed by atoms with Crippen LogP contribution in [0.3, 0.4) is 0 Å². The zero-order valence-corrected chi connectivity index (χ0v) is 8.80. The molecule has 1 aromatic heterocycles. The normalized spacial score (nSPS) is 9.81. The van der Waals surface area contributed by atoms with Crippen molar-refractivity contribution in [3.8, 4) is 11.8 Å². The first kappa shape index (κ1) is 10.2. The standard InChI is InChI=1S/C12H10N2O2/c1-2-3-8-13-9-7-10-5-4-6-11(12(10)13)14(15)16/h4-7,9H,8H2,1H3. The predicted octanol–water partition coefficient (Wildman–Crippen LogP) is 2.57. The molecule has 4 nitrogen and oxygen atoms in total. The maximum Gasteiger partial charge on any atom is 0.293 e. The maximum absolute atomic E-state index is 10.9. The minimum atomic E-state index is -0.363. The van der Waals surface area contributed by atoms with Gasteiger partial charge < -0.3 is 4.57 Å². The Labute approximate surface area is 92.6 Å². The second-order valence-electron chi connectivity index (χ2n) is 3.34. The van der Waals surface area contributed by atoms with Crippen molar-refractivity contribution in [1.82, 2.24) is 4.57 Å². The summed E-state index contributed by atoms with van der Waals surface area (Å²) in [5, 5.41) is 11.8. The molecule has 0 saturated heterocycles. The summed E-state index contributed by atoms with van der Waals surface area (Å²) in [4.78, 5) is 10.5. The van der Waals surface area contributed by atoms with Crippen LogP contribution in [0.15, 0.2) is 30.5 Å². The molecular weight excluding hydrogens is 204 g/mol. The average molecular weight is 214 g/mol. The van der Waals surface area contributed by atoms with Crippen LogP contribution in [0.1, 0.15) is 6.92 Å². The minimum absolute atomic E-state index is 0.125. The molecule has 0 N–H and O–H groups in total. The van der Waals surface area contributed by atoms with E-state index < -0.39 is 0 Å². The van der Waals surface area contributed by atoms with E-state index in [1.807, 2.05) is 18.3 Å². The van der Waals surface area contributed by atoms with Crippen LogP contribution in [-0.2, 0) is 6.54 Å². The number of nitro benzene ring substituents is 1. The molecule has 0 amide bonds. The minimum Gasteiger partial charge on any atom is -0.330 e. The van der Waals surface area contributed by atoms with Crippen molar-refractivity contribution in [2.45, 2.75) is 13.5 Å². The molecule has 0 spiro atoms. The number of fused-ring (bicyclic) bond motifs is 1. The van der Waals surface area contributed by atoms with Crippen molar-refractivity contribution in [2.75, 3.05) is 0 Å². The van der Waals surface area contributed by atoms with Crippen LogP contribution >= 0.6 is 0 Å². The van der Waals surface area contributed by atoms with Gasteiger partial charge in [0, 0.05) is 17.6 Å². The van der Waals surface area contributed by atoms with Crippen LogP contribution in [0.25, 0.3) is 10.9 Å². The lowest BCUT2D eigenvalue weighted by atomic mass is 10.2. The summed E-state index contributed by atoms with van der Waals surface area (Å²) in [6.07, 6.45) is 1.82. The van der Waals surface area contributed by atoms with Crippen molar-refractivity contribution in [3.05, 3.63) is 40.6 Å². The molecule has 80 valence electrons. The molecule has 0 unspecified atom stereocenters. The van der Waals surface area contributed by atoms with Crippen LogP contribution in [0.4, 0.5) is 5.69 Å². The summed E-state index contributed by atoms with van der Waals surface area (Å²) in [6.45, 7) is 2.23. The Morgan fingerprint density at radius 1 is 1.44 bits per heavy atom. The van der Waals surface area contributed by atoms with Gasteiger partial charge in [-0.1, -0.05) is 18.1 Å². The molecule has 0 aliphatic heterocycles. The number of hydrogen-bond donors (Lipinski definition) is 0. The van der Waals surface area contributed by atoms with Crippen LogP contribution in [0.5, 0.6) is 0 Å². The molecule has 0 atom stereocenters. The fourth-order valence-electron chi connectivity index (χ4n) is 1.68. The zero-order chi connectivity index (χ0) is 11.5. The van der Waals surface area contributed by atoms with Crippen molar-refractivity contribution in [2.24, 2.45) is 0 Å². The molecule has 1 heterocycles. The van der Waals surface area contributed by atoms with E-state index in [9.17, 15) is 10.1 Å². The lowest BCUT2D eigenvalue weighted by Crippen LogP contribution is -1.97. The maximum atomic E-state index is 10.9. The second kappa shape index (κ2) is 4.07. The van der Waals surface area contributed by atoms with Gasteiger partial charge in [0.05, 0.1) is 11.5 Å². The first-order valence-electron chi connectivity index (χ1n) is 4.86. The second-order valence-corrected chi connectivity index (χ2v) is 3.34. The van der Waals surface area contributed by atoms with E-state index in [4.69, 9.17) is 0 Å². The molecule has 4 heteroatoms. The highest BCUT2D eigenvalue weighted by Gasteiger charge is 2.14. The number of non-ortho nitro benzene ring substituents is 1. The fraction of sp³-hybridized carbons (Fsp3) is 0.167. The summed E-state index contributed by atoms with van der Waals surface area (Å²) in [5.74, 6) is 5.68. The third kappa shape index (κ3) is 1.63. The molecule has 16 heavy (non-hydrogen) atoms. The van der Waals surface area contributed by atoms with Crippen LogP contribution in [0, 0.1) is 22.0 Å². The smallest absolute Gasteiger partial charge is 0.293 e. The first-order valence-corrected chi connectivity index (χ1v) is 4.86. The van der Waals surface area contributed by atoms with Gasteiger partial charge in [-0.25, -0.2) is 0 Å². The summed E-state index contributed by atoms with van der Waals surface area (Å²) >= 11 is 0. The van der Waals surface area contributed by atoms with Gasteiger partial charge in [0.25, 0.3) is 5.69 Å². The van der Waals surface area contributed by atoms with Crippen molar-refractivity contribution >= 4 is 16.6 Å². The Morgan fingerprint density at radius 3 is 2.94 bits per heavy atom. The number of para-hydroxylation sites is 1. The SMILES string of the molecule is CC#CCn1ccc2cccc([N+](=O)[O-])c21. The molecule has 0 radical (unpaired) electrons. The third-order valence-corrected chi connectivity index (χ3v) is 2.39. The van der Waals surface area contributed by atoms with Crippen LogP contribution in [-0.4, -0.2) is 9.49 Å². The summed E-state index contributed by atoms with van der Waals surface area (Å²) in [5.41, 5.74) is 0.760. The molecule has 2 aromatic rings. The van der Waals surface area contributed by atoms with Gasteiger partial charge in [-0.15, -0.1) is 5.92 Å². The molecule has 0 aliphatic rings. The van der Waals surface area contributed by atoms with Gasteiger partial charge in [-0.3, -0.25) is 10.1 Å². The zero-order valence-electron chi connectivity index (χ0n) is 8.80. The number of rotatable bonds is 2. The Bertz CT molecular complexity index is 602. The Hall–Kier alpha value is -2.28. The third-order valence-electron chi connectivity index (χ3n) is 2.39. The molecule has 0 aliphatic carbocycles. The number of aromatic nitrogens is 1. The molecule has 2 rings (SSSR count). The molecule has 1 aromatic carbocycles. The Morgan fingerprint density at radius 2 is 2.25 bits per heavy atom. The van der Waals surface area contributed by atoms with Gasteiger partial charge in [0.2, 0.25) is 0 Å². The van der Waals surface area contributed by atoms with E-state index >= 15 is 0 Å². The van der Waals surface area contributed by atoms with Gasteiger partial charge in [-0.05, 0) is 13.0 Å². The summed E-state index contributed by atoms with van der Waals surface area (Å²) < 4.78 is 1.80. The topological polar surface area (TPSA) is 48.1 Å². The molecule has 0 saturated carbocycles. The quantitative estimate of drug-likeness (QED) is 0.438. The largest absolute Gasteiger partial charge is 0.330 e. The lowest BCUT2D eigenvalue weighted by Gasteiger charge is -2.00. The number of nitrogens with zero attached hydrogens (tertiary/aromatic N) is 2. The summed E-state index contributed by atoms with van der Waals surface area (Å²) in [6, 6.07) is 6.92. The van der Waals surface area contributed by atoms with E-state index in [0.29, 0.717) is 12.1 Å². The van der Waals surface area contributed by atoms with E-state index in [0.717, 1.165) is 5.39 Å². The van der Waals surface area contributed by atoms with Gasteiger partial charge in [0.15, 0.2) is 0 Å². The van der Waals surface area contributed by atoms with E-state index in [1.54, 1.807) is 17.6 Å².